The molecule has 2 amide bonds. The summed E-state index contributed by atoms with van der Waals surface area (Å²) in [6.07, 6.45) is -1.02. The van der Waals surface area contributed by atoms with Crippen molar-refractivity contribution in [1.29, 1.82) is 0 Å². The molecule has 1 atom stereocenters. The number of carbonyl (C=O) groups excluding carboxylic acids is 3. The molecule has 0 saturated carbocycles. The van der Waals surface area contributed by atoms with Crippen molar-refractivity contribution in [3.8, 4) is 5.75 Å². The van der Waals surface area contributed by atoms with Gasteiger partial charge < -0.3 is 20.1 Å². The average Bonchev–Trinajstić information content (AvgIpc) is 2.78. The van der Waals surface area contributed by atoms with Crippen LogP contribution < -0.4 is 15.4 Å². The van der Waals surface area contributed by atoms with Gasteiger partial charge in [-0.05, 0) is 49.6 Å². The van der Waals surface area contributed by atoms with Crippen LogP contribution in [0, 0.1) is 0 Å². The average molecular weight is 420 g/mol. The number of amides is 2. The maximum Gasteiger partial charge on any atom is 0.326 e. The van der Waals surface area contributed by atoms with Gasteiger partial charge in [0, 0.05) is 16.6 Å². The number of hydrogen-bond donors (Lipinski definition) is 2. The first-order valence-corrected chi connectivity index (χ1v) is 9.97. The lowest BCUT2D eigenvalue weighted by Crippen LogP contribution is -2.35. The van der Waals surface area contributed by atoms with Gasteiger partial charge in [0.05, 0.1) is 6.61 Å². The summed E-state index contributed by atoms with van der Waals surface area (Å²) in [4.78, 5) is 36.7. The maximum atomic E-state index is 12.4. The van der Waals surface area contributed by atoms with Gasteiger partial charge in [0.25, 0.3) is 11.8 Å². The molecule has 7 nitrogen and oxygen atoms in total. The van der Waals surface area contributed by atoms with E-state index in [2.05, 4.69) is 10.6 Å². The molecule has 3 aromatic carbocycles. The predicted molar refractivity (Wildman–Crippen MR) is 118 cm³/mol. The smallest absolute Gasteiger partial charge is 0.326 e. The molecule has 0 fully saturated rings. The Kier molecular flexibility index (Phi) is 7.22. The van der Waals surface area contributed by atoms with Crippen molar-refractivity contribution in [3.05, 3.63) is 72.3 Å². The molecule has 0 heterocycles. The van der Waals surface area contributed by atoms with Gasteiger partial charge in [-0.2, -0.15) is 0 Å². The summed E-state index contributed by atoms with van der Waals surface area (Å²) in [7, 11) is 0. The summed E-state index contributed by atoms with van der Waals surface area (Å²) in [6.45, 7) is 3.53. The molecule has 0 saturated heterocycles. The van der Waals surface area contributed by atoms with Crippen molar-refractivity contribution in [1.82, 2.24) is 5.32 Å². The normalized spacial score (nSPS) is 11.4. The van der Waals surface area contributed by atoms with E-state index in [-0.39, 0.29) is 6.54 Å². The molecule has 7 heteroatoms. The zero-order valence-electron chi connectivity index (χ0n) is 17.4. The Morgan fingerprint density at radius 1 is 0.935 bits per heavy atom. The van der Waals surface area contributed by atoms with E-state index in [1.165, 1.54) is 6.92 Å². The van der Waals surface area contributed by atoms with E-state index in [0.717, 1.165) is 10.8 Å². The van der Waals surface area contributed by atoms with E-state index < -0.39 is 23.9 Å². The number of fused-ring (bicyclic) bond motifs is 1. The molecular formula is C24H24N2O5. The highest BCUT2D eigenvalue weighted by Gasteiger charge is 2.19. The lowest BCUT2D eigenvalue weighted by molar-refractivity contribution is -0.152. The lowest BCUT2D eigenvalue weighted by atomic mass is 10.1. The van der Waals surface area contributed by atoms with Crippen LogP contribution in [-0.2, 0) is 14.3 Å². The largest absolute Gasteiger partial charge is 0.494 e. The Morgan fingerprint density at radius 2 is 1.65 bits per heavy atom. The zero-order valence-corrected chi connectivity index (χ0v) is 17.4. The van der Waals surface area contributed by atoms with Crippen LogP contribution in [0.15, 0.2) is 66.7 Å². The predicted octanol–water partition coefficient (Wildman–Crippen LogP) is 3.54. The molecule has 0 unspecified atom stereocenters. The number of hydrogen-bond acceptors (Lipinski definition) is 5. The molecule has 31 heavy (non-hydrogen) atoms. The van der Waals surface area contributed by atoms with Crippen molar-refractivity contribution >= 4 is 34.2 Å². The van der Waals surface area contributed by atoms with Crippen LogP contribution in [0.4, 0.5) is 5.69 Å². The first-order chi connectivity index (χ1) is 15.0. The summed E-state index contributed by atoms with van der Waals surface area (Å²) >= 11 is 0. The van der Waals surface area contributed by atoms with E-state index in [9.17, 15) is 14.4 Å². The topological polar surface area (TPSA) is 93.7 Å². The first-order valence-electron chi connectivity index (χ1n) is 9.97. The minimum absolute atomic E-state index is 0.349. The van der Waals surface area contributed by atoms with Crippen LogP contribution in [0.1, 0.15) is 24.2 Å². The van der Waals surface area contributed by atoms with E-state index in [1.54, 1.807) is 30.3 Å². The number of nitrogens with one attached hydrogen (secondary N) is 2. The Hall–Kier alpha value is -3.87. The molecule has 0 radical (unpaired) electrons. The number of esters is 1. The van der Waals surface area contributed by atoms with Crippen molar-refractivity contribution < 1.29 is 23.9 Å². The fourth-order valence-electron chi connectivity index (χ4n) is 2.98. The van der Waals surface area contributed by atoms with Crippen LogP contribution in [0.3, 0.4) is 0 Å². The van der Waals surface area contributed by atoms with Crippen molar-refractivity contribution in [2.75, 3.05) is 18.5 Å². The summed E-state index contributed by atoms with van der Waals surface area (Å²) < 4.78 is 10.5. The number of benzene rings is 3. The second-order valence-electron chi connectivity index (χ2n) is 6.79. The summed E-state index contributed by atoms with van der Waals surface area (Å²) in [5.41, 5.74) is 1.02. The third-order valence-corrected chi connectivity index (χ3v) is 4.55. The van der Waals surface area contributed by atoms with Gasteiger partial charge in [-0.15, -0.1) is 0 Å². The SMILES string of the molecule is CCOc1ccc(C(=O)NCC(=O)O[C@H](C)C(=O)Nc2cccc3ccccc23)cc1. The molecule has 0 bridgehead atoms. The Balaban J connectivity index is 1.50. The van der Waals surface area contributed by atoms with Crippen molar-refractivity contribution in [2.24, 2.45) is 0 Å². The maximum absolute atomic E-state index is 12.4. The molecule has 160 valence electrons. The number of ether oxygens (including phenoxy) is 2. The molecule has 0 spiro atoms. The van der Waals surface area contributed by atoms with Gasteiger partial charge in [0.1, 0.15) is 12.3 Å². The van der Waals surface area contributed by atoms with Crippen LogP contribution in [0.5, 0.6) is 5.75 Å². The zero-order chi connectivity index (χ0) is 22.2. The lowest BCUT2D eigenvalue weighted by Gasteiger charge is -2.15. The van der Waals surface area contributed by atoms with E-state index in [0.29, 0.717) is 23.6 Å². The minimum Gasteiger partial charge on any atom is -0.494 e. The van der Waals surface area contributed by atoms with Crippen LogP contribution in [-0.4, -0.2) is 37.0 Å². The molecular weight excluding hydrogens is 396 g/mol. The van der Waals surface area contributed by atoms with Gasteiger partial charge in [-0.3, -0.25) is 14.4 Å². The van der Waals surface area contributed by atoms with Crippen LogP contribution in [0.2, 0.25) is 0 Å². The third-order valence-electron chi connectivity index (χ3n) is 4.55. The molecule has 3 rings (SSSR count). The standard InChI is InChI=1S/C24H24N2O5/c1-3-30-19-13-11-18(12-14-19)24(29)25-15-22(27)31-16(2)23(28)26-21-10-6-8-17-7-4-5-9-20(17)21/h4-14,16H,3,15H2,1-2H3,(H,25,29)(H,26,28)/t16-/m1/s1. The Bertz CT molecular complexity index is 1070. The van der Waals surface area contributed by atoms with E-state index in [4.69, 9.17) is 9.47 Å². The fraction of sp³-hybridized carbons (Fsp3) is 0.208. The highest BCUT2D eigenvalue weighted by Crippen LogP contribution is 2.23. The summed E-state index contributed by atoms with van der Waals surface area (Å²) in [5, 5.41) is 7.14. The molecule has 0 aliphatic rings. The van der Waals surface area contributed by atoms with Gasteiger partial charge in [-0.1, -0.05) is 36.4 Å². The number of rotatable bonds is 8. The summed E-state index contributed by atoms with van der Waals surface area (Å²) in [6, 6.07) is 19.8. The third kappa shape index (κ3) is 5.82. The highest BCUT2D eigenvalue weighted by atomic mass is 16.5. The summed E-state index contributed by atoms with van der Waals surface area (Å²) in [5.74, 6) is -0.931. The Morgan fingerprint density at radius 3 is 2.39 bits per heavy atom. The number of carbonyl (C=O) groups is 3. The monoisotopic (exact) mass is 420 g/mol. The number of anilines is 1. The second-order valence-corrected chi connectivity index (χ2v) is 6.79. The van der Waals surface area contributed by atoms with E-state index in [1.807, 2.05) is 43.3 Å². The molecule has 2 N–H and O–H groups in total. The van der Waals surface area contributed by atoms with E-state index >= 15 is 0 Å². The first kappa shape index (κ1) is 21.8. The highest BCUT2D eigenvalue weighted by molar-refractivity contribution is 6.04. The molecule has 0 aliphatic carbocycles. The van der Waals surface area contributed by atoms with Gasteiger partial charge in [0.15, 0.2) is 6.10 Å². The minimum atomic E-state index is -1.02. The van der Waals surface area contributed by atoms with Gasteiger partial charge in [0.2, 0.25) is 0 Å². The molecule has 0 aromatic heterocycles. The van der Waals surface area contributed by atoms with Crippen molar-refractivity contribution in [2.45, 2.75) is 20.0 Å². The van der Waals surface area contributed by atoms with Crippen LogP contribution in [0.25, 0.3) is 10.8 Å². The van der Waals surface area contributed by atoms with Gasteiger partial charge in [-0.25, -0.2) is 0 Å². The quantitative estimate of drug-likeness (QED) is 0.544. The van der Waals surface area contributed by atoms with Gasteiger partial charge >= 0.3 is 5.97 Å². The molecule has 3 aromatic rings. The second kappa shape index (κ2) is 10.2. The van der Waals surface area contributed by atoms with Crippen molar-refractivity contribution in [3.63, 3.8) is 0 Å². The van der Waals surface area contributed by atoms with Crippen LogP contribution >= 0.6 is 0 Å². The fourth-order valence-corrected chi connectivity index (χ4v) is 2.98. The molecule has 0 aliphatic heterocycles. The Labute approximate surface area is 180 Å².